The highest BCUT2D eigenvalue weighted by Gasteiger charge is 2.46. The molecule has 0 aliphatic heterocycles. The van der Waals surface area contributed by atoms with E-state index in [1.54, 1.807) is 0 Å². The van der Waals surface area contributed by atoms with Gasteiger partial charge in [0.05, 0.1) is 31.5 Å². The van der Waals surface area contributed by atoms with Gasteiger partial charge in [-0.05, 0) is 25.2 Å². The van der Waals surface area contributed by atoms with Crippen LogP contribution in [0.5, 0.6) is 0 Å². The lowest BCUT2D eigenvalue weighted by Gasteiger charge is -2.30. The van der Waals surface area contributed by atoms with Crippen LogP contribution in [0.2, 0.25) is 0 Å². The predicted octanol–water partition coefficient (Wildman–Crippen LogP) is -1.54. The van der Waals surface area contributed by atoms with Gasteiger partial charge in [0.1, 0.15) is 0 Å². The summed E-state index contributed by atoms with van der Waals surface area (Å²) in [5.41, 5.74) is 0. The Labute approximate surface area is 118 Å². The van der Waals surface area contributed by atoms with Crippen molar-refractivity contribution in [1.82, 2.24) is 0 Å². The van der Waals surface area contributed by atoms with Crippen LogP contribution in [0, 0.1) is 11.8 Å². The summed E-state index contributed by atoms with van der Waals surface area (Å²) in [5.74, 6) is -0.712. The number of aliphatic hydroxyl groups excluding tert-OH is 5. The van der Waals surface area contributed by atoms with Crippen LogP contribution in [0.15, 0.2) is 0 Å². The Morgan fingerprint density at radius 1 is 1.20 bits per heavy atom. The molecule has 7 nitrogen and oxygen atoms in total. The first kappa shape index (κ1) is 17.8. The molecule has 1 fully saturated rings. The van der Waals surface area contributed by atoms with E-state index in [1.165, 1.54) is 7.11 Å². The Kier molecular flexibility index (Phi) is 7.90. The summed E-state index contributed by atoms with van der Waals surface area (Å²) in [5, 5.41) is 46.9. The van der Waals surface area contributed by atoms with Gasteiger partial charge >= 0.3 is 0 Å². The lowest BCUT2D eigenvalue weighted by atomic mass is 9.90. The van der Waals surface area contributed by atoms with Crippen molar-refractivity contribution < 1.29 is 35.0 Å². The molecule has 1 rings (SSSR count). The van der Waals surface area contributed by atoms with E-state index in [0.717, 1.165) is 0 Å². The van der Waals surface area contributed by atoms with E-state index >= 15 is 0 Å². The summed E-state index contributed by atoms with van der Waals surface area (Å²) in [4.78, 5) is 0. The van der Waals surface area contributed by atoms with Crippen molar-refractivity contribution in [2.24, 2.45) is 11.8 Å². The Morgan fingerprint density at radius 2 is 1.90 bits per heavy atom. The van der Waals surface area contributed by atoms with E-state index in [9.17, 15) is 15.3 Å². The maximum Gasteiger partial charge on any atom is 0.162 e. The highest BCUT2D eigenvalue weighted by molar-refractivity contribution is 4.92. The maximum atomic E-state index is 10.0. The van der Waals surface area contributed by atoms with Crippen LogP contribution in [0.4, 0.5) is 0 Å². The summed E-state index contributed by atoms with van der Waals surface area (Å²) < 4.78 is 10.7. The first-order valence-electron chi connectivity index (χ1n) is 6.95. The largest absolute Gasteiger partial charge is 0.396 e. The summed E-state index contributed by atoms with van der Waals surface area (Å²) in [6, 6.07) is 0. The molecule has 120 valence electrons. The summed E-state index contributed by atoms with van der Waals surface area (Å²) in [7, 11) is 1.45. The van der Waals surface area contributed by atoms with Crippen molar-refractivity contribution in [3.05, 3.63) is 0 Å². The number of rotatable bonds is 9. The van der Waals surface area contributed by atoms with Crippen molar-refractivity contribution in [1.29, 1.82) is 0 Å². The van der Waals surface area contributed by atoms with Gasteiger partial charge in [-0.3, -0.25) is 0 Å². The molecule has 20 heavy (non-hydrogen) atoms. The molecule has 0 spiro atoms. The molecule has 0 bridgehead atoms. The van der Waals surface area contributed by atoms with Crippen LogP contribution < -0.4 is 0 Å². The number of aliphatic hydroxyl groups is 5. The fraction of sp³-hybridized carbons (Fsp3) is 1.00. The molecule has 1 aliphatic rings. The van der Waals surface area contributed by atoms with Crippen LogP contribution in [0.25, 0.3) is 0 Å². The molecule has 1 unspecified atom stereocenters. The molecule has 0 saturated heterocycles. The minimum atomic E-state index is -0.847. The zero-order chi connectivity index (χ0) is 15.1. The van der Waals surface area contributed by atoms with Gasteiger partial charge in [-0.25, -0.2) is 0 Å². The van der Waals surface area contributed by atoms with Crippen molar-refractivity contribution in [3.8, 4) is 0 Å². The molecule has 0 aromatic heterocycles. The first-order valence-corrected chi connectivity index (χ1v) is 6.95. The first-order chi connectivity index (χ1) is 9.54. The fourth-order valence-corrected chi connectivity index (χ4v) is 2.79. The molecular formula is C13H26O7. The Morgan fingerprint density at radius 3 is 2.45 bits per heavy atom. The van der Waals surface area contributed by atoms with Gasteiger partial charge in [-0.15, -0.1) is 0 Å². The second kappa shape index (κ2) is 8.89. The summed E-state index contributed by atoms with van der Waals surface area (Å²) in [6.07, 6.45) is -2.15. The Hall–Kier alpha value is -0.280. The van der Waals surface area contributed by atoms with E-state index in [0.29, 0.717) is 6.42 Å². The number of hydrogen-bond acceptors (Lipinski definition) is 7. The van der Waals surface area contributed by atoms with Gasteiger partial charge in [0.2, 0.25) is 0 Å². The van der Waals surface area contributed by atoms with Crippen molar-refractivity contribution in [2.45, 2.75) is 43.9 Å². The predicted molar refractivity (Wildman–Crippen MR) is 69.8 cm³/mol. The molecule has 1 aliphatic carbocycles. The second-order valence-electron chi connectivity index (χ2n) is 5.22. The second-order valence-corrected chi connectivity index (χ2v) is 5.22. The smallest absolute Gasteiger partial charge is 0.162 e. The van der Waals surface area contributed by atoms with Crippen LogP contribution in [-0.2, 0) is 9.47 Å². The van der Waals surface area contributed by atoms with Gasteiger partial charge in [0, 0.05) is 19.6 Å². The van der Waals surface area contributed by atoms with Crippen LogP contribution in [0.3, 0.4) is 0 Å². The van der Waals surface area contributed by atoms with E-state index in [1.807, 2.05) is 0 Å². The quantitative estimate of drug-likeness (QED) is 0.327. The molecule has 0 radical (unpaired) electrons. The SMILES string of the molecule is CO[C@H](OCCC(O)CO)[C@H]1[C@H](CCO)[C@H](O)C[C@@H]1O. The summed E-state index contributed by atoms with van der Waals surface area (Å²) >= 11 is 0. The van der Waals surface area contributed by atoms with Crippen molar-refractivity contribution >= 4 is 0 Å². The molecule has 7 heteroatoms. The zero-order valence-electron chi connectivity index (χ0n) is 11.8. The van der Waals surface area contributed by atoms with E-state index in [4.69, 9.17) is 19.7 Å². The Bertz CT molecular complexity index is 263. The highest BCUT2D eigenvalue weighted by Crippen LogP contribution is 2.38. The van der Waals surface area contributed by atoms with Crippen LogP contribution in [-0.4, -0.2) is 77.1 Å². The molecule has 0 heterocycles. The lowest BCUT2D eigenvalue weighted by molar-refractivity contribution is -0.185. The highest BCUT2D eigenvalue weighted by atomic mass is 16.7. The van der Waals surface area contributed by atoms with Gasteiger partial charge in [0.25, 0.3) is 0 Å². The monoisotopic (exact) mass is 294 g/mol. The van der Waals surface area contributed by atoms with Crippen molar-refractivity contribution in [2.75, 3.05) is 26.9 Å². The molecule has 6 atom stereocenters. The number of hydrogen-bond donors (Lipinski definition) is 5. The topological polar surface area (TPSA) is 120 Å². The minimum Gasteiger partial charge on any atom is -0.396 e. The zero-order valence-corrected chi connectivity index (χ0v) is 11.8. The molecule has 1 saturated carbocycles. The van der Waals surface area contributed by atoms with Gasteiger partial charge < -0.3 is 35.0 Å². The van der Waals surface area contributed by atoms with Gasteiger partial charge in [-0.1, -0.05) is 0 Å². The number of methoxy groups -OCH3 is 1. The Balaban J connectivity index is 2.57. The third-order valence-corrected chi connectivity index (χ3v) is 3.87. The maximum absolute atomic E-state index is 10.0. The standard InChI is InChI=1S/C13H26O7/c1-19-13(20-5-3-8(16)7-15)12-9(2-4-14)10(17)6-11(12)18/h8-18H,2-7H2,1H3/t8?,9-,10-,11+,12+,13-/m1/s1. The van der Waals surface area contributed by atoms with Crippen LogP contribution >= 0.6 is 0 Å². The van der Waals surface area contributed by atoms with E-state index in [-0.39, 0.29) is 38.6 Å². The summed E-state index contributed by atoms with van der Waals surface area (Å²) in [6.45, 7) is -0.241. The normalized spacial score (nSPS) is 33.3. The van der Waals surface area contributed by atoms with Crippen LogP contribution in [0.1, 0.15) is 19.3 Å². The average molecular weight is 294 g/mol. The fourth-order valence-electron chi connectivity index (χ4n) is 2.79. The third-order valence-electron chi connectivity index (χ3n) is 3.87. The van der Waals surface area contributed by atoms with E-state index in [2.05, 4.69) is 0 Å². The third kappa shape index (κ3) is 4.63. The van der Waals surface area contributed by atoms with Gasteiger partial charge in [0.15, 0.2) is 6.29 Å². The van der Waals surface area contributed by atoms with E-state index < -0.39 is 30.5 Å². The number of ether oxygens (including phenoxy) is 2. The molecular weight excluding hydrogens is 268 g/mol. The molecule has 0 aromatic rings. The minimum absolute atomic E-state index is 0.0788. The van der Waals surface area contributed by atoms with Gasteiger partial charge in [-0.2, -0.15) is 0 Å². The van der Waals surface area contributed by atoms with Crippen molar-refractivity contribution in [3.63, 3.8) is 0 Å². The molecule has 0 aromatic carbocycles. The molecule has 0 amide bonds. The lowest BCUT2D eigenvalue weighted by Crippen LogP contribution is -2.37. The average Bonchev–Trinajstić information content (AvgIpc) is 2.70. The molecule has 5 N–H and O–H groups in total.